The van der Waals surface area contributed by atoms with Crippen molar-refractivity contribution in [3.8, 4) is 0 Å². The molecule has 0 bridgehead atoms. The zero-order valence-electron chi connectivity index (χ0n) is 22.2. The number of amides is 3. The highest BCUT2D eigenvalue weighted by atomic mass is 16.2. The molecule has 2 N–H and O–H groups in total. The van der Waals surface area contributed by atoms with Gasteiger partial charge in [0.2, 0.25) is 5.91 Å². The van der Waals surface area contributed by atoms with Crippen molar-refractivity contribution < 1.29 is 14.4 Å². The van der Waals surface area contributed by atoms with Crippen molar-refractivity contribution in [3.05, 3.63) is 102 Å². The standard InChI is InChI=1S/C31H31N5O3/c1-20-12-13-22-8-4-5-9-24(22)25(20)18-35-27-10-6-7-11-28(27)36(30(38)23-14-16-33-17-15-23)19-26(31(35)39)34-29(37)21(2)32-3/h4-17,21,26,32H,18-19H2,1-3H3,(H,34,37). The molecule has 8 heteroatoms. The molecule has 5 rings (SSSR count). The van der Waals surface area contributed by atoms with Gasteiger partial charge in [-0.1, -0.05) is 48.5 Å². The Kier molecular flexibility index (Phi) is 7.38. The number of likely N-dealkylation sites (N-methyl/N-ethyl adjacent to an activating group) is 1. The molecule has 0 aliphatic carbocycles. The molecule has 3 amide bonds. The van der Waals surface area contributed by atoms with Crippen LogP contribution in [0.25, 0.3) is 10.8 Å². The molecule has 0 spiro atoms. The van der Waals surface area contributed by atoms with Crippen LogP contribution in [0.1, 0.15) is 28.4 Å². The average molecular weight is 522 g/mol. The van der Waals surface area contributed by atoms with Crippen LogP contribution in [0.4, 0.5) is 11.4 Å². The van der Waals surface area contributed by atoms with Gasteiger partial charge < -0.3 is 20.4 Å². The number of para-hydroxylation sites is 2. The second-order valence-electron chi connectivity index (χ2n) is 9.72. The summed E-state index contributed by atoms with van der Waals surface area (Å²) in [7, 11) is 1.68. The lowest BCUT2D eigenvalue weighted by atomic mass is 9.99. The zero-order chi connectivity index (χ0) is 27.5. The number of carbonyl (C=O) groups excluding carboxylic acids is 3. The van der Waals surface area contributed by atoms with Crippen LogP contribution in [0.15, 0.2) is 85.2 Å². The largest absolute Gasteiger partial charge is 0.341 e. The fraction of sp³-hybridized carbons (Fsp3) is 0.226. The van der Waals surface area contributed by atoms with E-state index in [1.54, 1.807) is 48.3 Å². The summed E-state index contributed by atoms with van der Waals surface area (Å²) >= 11 is 0. The molecule has 2 heterocycles. The smallest absolute Gasteiger partial charge is 0.258 e. The molecule has 1 aliphatic heterocycles. The van der Waals surface area contributed by atoms with E-state index >= 15 is 0 Å². The molecule has 0 fully saturated rings. The molecule has 0 radical (unpaired) electrons. The monoisotopic (exact) mass is 521 g/mol. The second-order valence-corrected chi connectivity index (χ2v) is 9.72. The first-order valence-electron chi connectivity index (χ1n) is 13.0. The normalized spacial score (nSPS) is 16.0. The maximum atomic E-state index is 14.3. The van der Waals surface area contributed by atoms with Crippen LogP contribution in [0, 0.1) is 6.92 Å². The van der Waals surface area contributed by atoms with E-state index < -0.39 is 12.1 Å². The summed E-state index contributed by atoms with van der Waals surface area (Å²) in [6, 6.07) is 21.4. The Morgan fingerprint density at radius 2 is 1.67 bits per heavy atom. The van der Waals surface area contributed by atoms with Crippen LogP contribution in [0.3, 0.4) is 0 Å². The van der Waals surface area contributed by atoms with E-state index in [2.05, 4.69) is 33.8 Å². The number of rotatable bonds is 6. The summed E-state index contributed by atoms with van der Waals surface area (Å²) < 4.78 is 0. The van der Waals surface area contributed by atoms with Crippen LogP contribution in [-0.4, -0.2) is 48.4 Å². The number of carbonyl (C=O) groups is 3. The summed E-state index contributed by atoms with van der Waals surface area (Å²) in [6.07, 6.45) is 3.12. The number of hydrogen-bond acceptors (Lipinski definition) is 5. The molecule has 0 saturated carbocycles. The highest BCUT2D eigenvalue weighted by Crippen LogP contribution is 2.36. The zero-order valence-corrected chi connectivity index (χ0v) is 22.2. The minimum absolute atomic E-state index is 0.00973. The van der Waals surface area contributed by atoms with E-state index in [0.717, 1.165) is 21.9 Å². The lowest BCUT2D eigenvalue weighted by Crippen LogP contribution is -2.55. The number of nitrogens with one attached hydrogen (secondary N) is 2. The van der Waals surface area contributed by atoms with Crippen molar-refractivity contribution in [1.29, 1.82) is 0 Å². The Labute approximate surface area is 227 Å². The van der Waals surface area contributed by atoms with Gasteiger partial charge in [-0.05, 0) is 67.1 Å². The Balaban J connectivity index is 1.64. The lowest BCUT2D eigenvalue weighted by molar-refractivity contribution is -0.128. The van der Waals surface area contributed by atoms with Gasteiger partial charge in [0, 0.05) is 18.0 Å². The average Bonchev–Trinajstić information content (AvgIpc) is 3.08. The molecule has 2 unspecified atom stereocenters. The van der Waals surface area contributed by atoms with Crippen molar-refractivity contribution in [3.63, 3.8) is 0 Å². The topological polar surface area (TPSA) is 94.6 Å². The fourth-order valence-corrected chi connectivity index (χ4v) is 4.94. The Hall–Kier alpha value is -4.56. The van der Waals surface area contributed by atoms with Gasteiger partial charge in [-0.3, -0.25) is 19.4 Å². The van der Waals surface area contributed by atoms with E-state index in [0.29, 0.717) is 16.9 Å². The van der Waals surface area contributed by atoms with Crippen molar-refractivity contribution in [2.45, 2.75) is 32.5 Å². The number of hydrogen-bond donors (Lipinski definition) is 2. The summed E-state index contributed by atoms with van der Waals surface area (Å²) in [5.41, 5.74) is 3.72. The molecule has 198 valence electrons. The lowest BCUT2D eigenvalue weighted by Gasteiger charge is -2.27. The Morgan fingerprint density at radius 1 is 0.974 bits per heavy atom. The van der Waals surface area contributed by atoms with Crippen molar-refractivity contribution >= 4 is 39.9 Å². The van der Waals surface area contributed by atoms with Crippen LogP contribution < -0.4 is 20.4 Å². The van der Waals surface area contributed by atoms with E-state index in [-0.39, 0.29) is 30.8 Å². The summed E-state index contributed by atoms with van der Waals surface area (Å²) in [5, 5.41) is 7.95. The molecule has 3 aromatic carbocycles. The number of benzene rings is 3. The van der Waals surface area contributed by atoms with Crippen LogP contribution in [0.2, 0.25) is 0 Å². The van der Waals surface area contributed by atoms with Gasteiger partial charge in [-0.2, -0.15) is 0 Å². The van der Waals surface area contributed by atoms with Gasteiger partial charge in [-0.25, -0.2) is 0 Å². The number of fused-ring (bicyclic) bond motifs is 2. The first-order valence-corrected chi connectivity index (χ1v) is 13.0. The Morgan fingerprint density at radius 3 is 2.41 bits per heavy atom. The summed E-state index contributed by atoms with van der Waals surface area (Å²) in [6.45, 7) is 4.03. The predicted octanol–water partition coefficient (Wildman–Crippen LogP) is 3.83. The van der Waals surface area contributed by atoms with Gasteiger partial charge in [0.05, 0.1) is 30.5 Å². The van der Waals surface area contributed by atoms with Gasteiger partial charge >= 0.3 is 0 Å². The third-order valence-corrected chi connectivity index (χ3v) is 7.30. The number of nitrogens with zero attached hydrogens (tertiary/aromatic N) is 3. The molecule has 8 nitrogen and oxygen atoms in total. The minimum atomic E-state index is -0.957. The highest BCUT2D eigenvalue weighted by Gasteiger charge is 2.37. The van der Waals surface area contributed by atoms with Crippen molar-refractivity contribution in [2.75, 3.05) is 23.4 Å². The second kappa shape index (κ2) is 11.0. The van der Waals surface area contributed by atoms with E-state index in [9.17, 15) is 14.4 Å². The molecular formula is C31H31N5O3. The first kappa shape index (κ1) is 26.1. The van der Waals surface area contributed by atoms with Crippen molar-refractivity contribution in [1.82, 2.24) is 15.6 Å². The van der Waals surface area contributed by atoms with E-state index in [1.807, 2.05) is 49.4 Å². The maximum absolute atomic E-state index is 14.3. The summed E-state index contributed by atoms with van der Waals surface area (Å²) in [5.74, 6) is -0.877. The van der Waals surface area contributed by atoms with Crippen molar-refractivity contribution in [2.24, 2.45) is 0 Å². The number of aromatic nitrogens is 1. The molecule has 2 atom stereocenters. The first-order chi connectivity index (χ1) is 18.9. The van der Waals surface area contributed by atoms with Crippen LogP contribution in [0.5, 0.6) is 0 Å². The molecule has 0 saturated heterocycles. The SMILES string of the molecule is CNC(C)C(=O)NC1CN(C(=O)c2ccncc2)c2ccccc2N(Cc2c(C)ccc3ccccc23)C1=O. The molecular weight excluding hydrogens is 490 g/mol. The molecule has 1 aliphatic rings. The third kappa shape index (κ3) is 5.11. The highest BCUT2D eigenvalue weighted by molar-refractivity contribution is 6.12. The Bertz CT molecular complexity index is 1540. The van der Waals surface area contributed by atoms with Gasteiger partial charge in [0.1, 0.15) is 6.04 Å². The van der Waals surface area contributed by atoms with E-state index in [4.69, 9.17) is 0 Å². The van der Waals surface area contributed by atoms with Crippen LogP contribution in [-0.2, 0) is 16.1 Å². The predicted molar refractivity (Wildman–Crippen MR) is 153 cm³/mol. The molecule has 4 aromatic rings. The number of aryl methyl sites for hydroxylation is 1. The number of anilines is 2. The van der Waals surface area contributed by atoms with Crippen LogP contribution >= 0.6 is 0 Å². The fourth-order valence-electron chi connectivity index (χ4n) is 4.94. The quantitative estimate of drug-likeness (QED) is 0.402. The number of pyridine rings is 1. The van der Waals surface area contributed by atoms with Gasteiger partial charge in [0.25, 0.3) is 11.8 Å². The summed E-state index contributed by atoms with van der Waals surface area (Å²) in [4.78, 5) is 48.3. The van der Waals surface area contributed by atoms with Gasteiger partial charge in [-0.15, -0.1) is 0 Å². The maximum Gasteiger partial charge on any atom is 0.258 e. The minimum Gasteiger partial charge on any atom is -0.341 e. The molecule has 1 aromatic heterocycles. The molecule has 39 heavy (non-hydrogen) atoms. The van der Waals surface area contributed by atoms with E-state index in [1.165, 1.54) is 0 Å². The van der Waals surface area contributed by atoms with Gasteiger partial charge in [0.15, 0.2) is 0 Å². The third-order valence-electron chi connectivity index (χ3n) is 7.30.